The van der Waals surface area contributed by atoms with E-state index >= 15 is 0 Å². The predicted octanol–water partition coefficient (Wildman–Crippen LogP) is 12.6. The molecule has 3 heterocycles. The number of hydrogen-bond donors (Lipinski definition) is 0. The molecule has 0 N–H and O–H groups in total. The molecule has 0 radical (unpaired) electrons. The molecular weight excluding hydrogens is 619 g/mol. The first-order chi connectivity index (χ1) is 25.4. The maximum Gasteiger partial charge on any atom is 0.0549 e. The Bertz CT molecular complexity index is 3080. The standard InChI is InChI=1S/C48H31N3/c1-2-16-32(17-3-1)49-43-28-14-8-22-37(43)47-45(49)30-31-46-48(47)38-23-9-15-29-44(38)51(46)42-27-13-7-21-36(42)35-20-6-12-26-41(35)50-39-24-10-4-18-33(39)34-19-5-11-25-40(34)50/h1-31H. The third-order valence-corrected chi connectivity index (χ3v) is 10.6. The topological polar surface area (TPSA) is 14.8 Å². The van der Waals surface area contributed by atoms with Gasteiger partial charge in [0.1, 0.15) is 0 Å². The van der Waals surface area contributed by atoms with E-state index < -0.39 is 0 Å². The summed E-state index contributed by atoms with van der Waals surface area (Å²) >= 11 is 0. The summed E-state index contributed by atoms with van der Waals surface area (Å²) in [5.74, 6) is 0. The van der Waals surface area contributed by atoms with E-state index in [0.717, 1.165) is 11.4 Å². The molecule has 0 aliphatic rings. The second-order valence-electron chi connectivity index (χ2n) is 13.3. The highest BCUT2D eigenvalue weighted by Gasteiger charge is 2.23. The first-order valence-corrected chi connectivity index (χ1v) is 17.5. The van der Waals surface area contributed by atoms with Crippen molar-refractivity contribution in [3.63, 3.8) is 0 Å². The maximum absolute atomic E-state index is 2.48. The van der Waals surface area contributed by atoms with Gasteiger partial charge in [-0.2, -0.15) is 0 Å². The van der Waals surface area contributed by atoms with Crippen molar-refractivity contribution < 1.29 is 0 Å². The van der Waals surface area contributed by atoms with Crippen LogP contribution >= 0.6 is 0 Å². The highest BCUT2D eigenvalue weighted by Crippen LogP contribution is 2.44. The van der Waals surface area contributed by atoms with Crippen molar-refractivity contribution in [1.82, 2.24) is 13.7 Å². The minimum atomic E-state index is 1.16. The Labute approximate surface area is 294 Å². The number of hydrogen-bond acceptors (Lipinski definition) is 0. The van der Waals surface area contributed by atoms with Crippen molar-refractivity contribution in [3.8, 4) is 28.2 Å². The summed E-state index contributed by atoms with van der Waals surface area (Å²) < 4.78 is 7.33. The number of benzene rings is 8. The SMILES string of the molecule is c1ccc(-n2c3ccccc3c3c4c5ccccc5n(-c5ccccc5-c5ccccc5-n5c6ccccc6c6ccccc65)c4ccc32)cc1. The molecule has 0 saturated heterocycles. The third-order valence-electron chi connectivity index (χ3n) is 10.6. The minimum absolute atomic E-state index is 1.16. The Morgan fingerprint density at radius 1 is 0.235 bits per heavy atom. The molecule has 238 valence electrons. The monoisotopic (exact) mass is 649 g/mol. The van der Waals surface area contributed by atoms with Crippen LogP contribution in [0.3, 0.4) is 0 Å². The van der Waals surface area contributed by atoms with Crippen LogP contribution in [0.25, 0.3) is 93.6 Å². The Morgan fingerprint density at radius 3 is 1.12 bits per heavy atom. The van der Waals surface area contributed by atoms with Crippen LogP contribution in [0.1, 0.15) is 0 Å². The van der Waals surface area contributed by atoms with Crippen molar-refractivity contribution in [2.24, 2.45) is 0 Å². The van der Waals surface area contributed by atoms with E-state index in [4.69, 9.17) is 0 Å². The molecule has 11 aromatic rings. The Kier molecular flexibility index (Phi) is 5.96. The summed E-state index contributed by atoms with van der Waals surface area (Å²) in [5, 5.41) is 7.59. The molecule has 3 nitrogen and oxygen atoms in total. The number of para-hydroxylation sites is 7. The Morgan fingerprint density at radius 2 is 0.588 bits per heavy atom. The van der Waals surface area contributed by atoms with Crippen molar-refractivity contribution in [2.75, 3.05) is 0 Å². The van der Waals surface area contributed by atoms with E-state index in [2.05, 4.69) is 202 Å². The van der Waals surface area contributed by atoms with E-state index in [1.807, 2.05) is 0 Å². The van der Waals surface area contributed by atoms with E-state index in [1.54, 1.807) is 0 Å². The van der Waals surface area contributed by atoms with Gasteiger partial charge < -0.3 is 13.7 Å². The van der Waals surface area contributed by atoms with E-state index in [0.29, 0.717) is 0 Å². The summed E-state index contributed by atoms with van der Waals surface area (Å²) in [6, 6.07) is 68.3. The van der Waals surface area contributed by atoms with Gasteiger partial charge in [0.05, 0.1) is 44.5 Å². The van der Waals surface area contributed by atoms with Crippen LogP contribution < -0.4 is 0 Å². The third kappa shape index (κ3) is 3.94. The lowest BCUT2D eigenvalue weighted by molar-refractivity contribution is 1.16. The molecule has 51 heavy (non-hydrogen) atoms. The summed E-state index contributed by atoms with van der Waals surface area (Å²) in [4.78, 5) is 0. The second-order valence-corrected chi connectivity index (χ2v) is 13.3. The number of nitrogens with zero attached hydrogens (tertiary/aromatic N) is 3. The lowest BCUT2D eigenvalue weighted by Gasteiger charge is -2.18. The fourth-order valence-corrected chi connectivity index (χ4v) is 8.61. The van der Waals surface area contributed by atoms with Crippen LogP contribution in [0.15, 0.2) is 188 Å². The van der Waals surface area contributed by atoms with Crippen LogP contribution in [0.5, 0.6) is 0 Å². The number of fused-ring (bicyclic) bond motifs is 10. The van der Waals surface area contributed by atoms with Gasteiger partial charge in [0, 0.05) is 49.1 Å². The molecule has 0 fully saturated rings. The molecule has 0 bridgehead atoms. The molecule has 3 heteroatoms. The molecule has 0 amide bonds. The summed E-state index contributed by atoms with van der Waals surface area (Å²) in [6.07, 6.45) is 0. The van der Waals surface area contributed by atoms with Gasteiger partial charge in [-0.1, -0.05) is 127 Å². The van der Waals surface area contributed by atoms with Crippen LogP contribution in [-0.2, 0) is 0 Å². The zero-order chi connectivity index (χ0) is 33.5. The maximum atomic E-state index is 2.48. The molecule has 8 aromatic carbocycles. The molecule has 0 aliphatic heterocycles. The van der Waals surface area contributed by atoms with Gasteiger partial charge in [-0.05, 0) is 60.7 Å². The Balaban J connectivity index is 1.23. The zero-order valence-electron chi connectivity index (χ0n) is 27.7. The molecule has 0 atom stereocenters. The summed E-state index contributed by atoms with van der Waals surface area (Å²) in [5.41, 5.74) is 13.1. The summed E-state index contributed by atoms with van der Waals surface area (Å²) in [7, 11) is 0. The number of aromatic nitrogens is 3. The molecule has 11 rings (SSSR count). The van der Waals surface area contributed by atoms with E-state index in [9.17, 15) is 0 Å². The minimum Gasteiger partial charge on any atom is -0.309 e. The van der Waals surface area contributed by atoms with Crippen molar-refractivity contribution in [1.29, 1.82) is 0 Å². The lowest BCUT2D eigenvalue weighted by atomic mass is 10.0. The van der Waals surface area contributed by atoms with Gasteiger partial charge in [0.25, 0.3) is 0 Å². The van der Waals surface area contributed by atoms with Crippen molar-refractivity contribution in [3.05, 3.63) is 188 Å². The quantitative estimate of drug-likeness (QED) is 0.180. The average Bonchev–Trinajstić information content (AvgIpc) is 3.84. The van der Waals surface area contributed by atoms with Gasteiger partial charge in [0.2, 0.25) is 0 Å². The molecule has 3 aromatic heterocycles. The molecule has 0 unspecified atom stereocenters. The number of rotatable bonds is 4. The van der Waals surface area contributed by atoms with Crippen LogP contribution in [0.4, 0.5) is 0 Å². The van der Waals surface area contributed by atoms with E-state index in [1.165, 1.54) is 82.2 Å². The van der Waals surface area contributed by atoms with E-state index in [-0.39, 0.29) is 0 Å². The van der Waals surface area contributed by atoms with Gasteiger partial charge in [0.15, 0.2) is 0 Å². The van der Waals surface area contributed by atoms with Crippen LogP contribution in [-0.4, -0.2) is 13.7 Å². The first kappa shape index (κ1) is 28.0. The summed E-state index contributed by atoms with van der Waals surface area (Å²) in [6.45, 7) is 0. The first-order valence-electron chi connectivity index (χ1n) is 17.5. The lowest BCUT2D eigenvalue weighted by Crippen LogP contribution is -2.01. The zero-order valence-corrected chi connectivity index (χ0v) is 27.7. The predicted molar refractivity (Wildman–Crippen MR) is 215 cm³/mol. The highest BCUT2D eigenvalue weighted by molar-refractivity contribution is 6.29. The van der Waals surface area contributed by atoms with Gasteiger partial charge in [-0.3, -0.25) is 0 Å². The van der Waals surface area contributed by atoms with Crippen LogP contribution in [0.2, 0.25) is 0 Å². The van der Waals surface area contributed by atoms with Gasteiger partial charge in [-0.15, -0.1) is 0 Å². The largest absolute Gasteiger partial charge is 0.309 e. The fourth-order valence-electron chi connectivity index (χ4n) is 8.61. The molecule has 0 aliphatic carbocycles. The van der Waals surface area contributed by atoms with Gasteiger partial charge in [-0.25, -0.2) is 0 Å². The second kappa shape index (κ2) is 10.8. The fraction of sp³-hybridized carbons (Fsp3) is 0. The van der Waals surface area contributed by atoms with Gasteiger partial charge >= 0.3 is 0 Å². The highest BCUT2D eigenvalue weighted by atomic mass is 15.0. The molecular formula is C48H31N3. The van der Waals surface area contributed by atoms with Crippen molar-refractivity contribution >= 4 is 65.4 Å². The molecule has 0 saturated carbocycles. The smallest absolute Gasteiger partial charge is 0.0549 e. The normalized spacial score (nSPS) is 11.9. The van der Waals surface area contributed by atoms with Crippen LogP contribution in [0, 0.1) is 0 Å². The Hall–Kier alpha value is -6.84. The van der Waals surface area contributed by atoms with Crippen molar-refractivity contribution in [2.45, 2.75) is 0 Å². The average molecular weight is 650 g/mol. The molecule has 0 spiro atoms.